The molecule has 2 aliphatic rings. The lowest BCUT2D eigenvalue weighted by Gasteiger charge is -2.39. The van der Waals surface area contributed by atoms with E-state index in [-0.39, 0.29) is 12.2 Å². The lowest BCUT2D eigenvalue weighted by molar-refractivity contribution is 0.00480. The fourth-order valence-corrected chi connectivity index (χ4v) is 2.84. The van der Waals surface area contributed by atoms with E-state index in [0.29, 0.717) is 11.8 Å². The summed E-state index contributed by atoms with van der Waals surface area (Å²) in [5.41, 5.74) is 0. The molecule has 0 aromatic carbocycles. The second kappa shape index (κ2) is 3.35. The fraction of sp³-hybridized carbons (Fsp3) is 1.00. The standard InChI is InChI=1S/C10H18O2/c11-9-3-1-7-5-10(12)4-2-8(7)6-9/h7-12H,1-6H2/t7-,8+,9-,10-/m0/s1. The quantitative estimate of drug-likeness (QED) is 0.575. The molecule has 0 bridgehead atoms. The van der Waals surface area contributed by atoms with Crippen molar-refractivity contribution in [2.45, 2.75) is 50.7 Å². The molecule has 4 atom stereocenters. The Balaban J connectivity index is 1.94. The highest BCUT2D eigenvalue weighted by Crippen LogP contribution is 2.40. The summed E-state index contributed by atoms with van der Waals surface area (Å²) in [4.78, 5) is 0. The lowest BCUT2D eigenvalue weighted by Crippen LogP contribution is -2.34. The monoisotopic (exact) mass is 170 g/mol. The molecule has 2 nitrogen and oxygen atoms in total. The van der Waals surface area contributed by atoms with Crippen molar-refractivity contribution in [3.05, 3.63) is 0 Å². The third-order valence-corrected chi connectivity index (χ3v) is 3.56. The average molecular weight is 170 g/mol. The molecule has 2 rings (SSSR count). The Hall–Kier alpha value is -0.0800. The van der Waals surface area contributed by atoms with Crippen molar-refractivity contribution in [2.75, 3.05) is 0 Å². The zero-order chi connectivity index (χ0) is 8.55. The van der Waals surface area contributed by atoms with Crippen molar-refractivity contribution >= 4 is 0 Å². The maximum absolute atomic E-state index is 9.45. The van der Waals surface area contributed by atoms with E-state index in [4.69, 9.17) is 0 Å². The van der Waals surface area contributed by atoms with Gasteiger partial charge in [0.25, 0.3) is 0 Å². The van der Waals surface area contributed by atoms with Crippen LogP contribution < -0.4 is 0 Å². The summed E-state index contributed by atoms with van der Waals surface area (Å²) in [5, 5.41) is 18.9. The van der Waals surface area contributed by atoms with Crippen LogP contribution in [0.3, 0.4) is 0 Å². The molecule has 2 fully saturated rings. The predicted molar refractivity (Wildman–Crippen MR) is 46.7 cm³/mol. The molecular weight excluding hydrogens is 152 g/mol. The molecule has 0 radical (unpaired) electrons. The van der Waals surface area contributed by atoms with E-state index in [9.17, 15) is 10.2 Å². The second-order valence-electron chi connectivity index (χ2n) is 4.45. The van der Waals surface area contributed by atoms with Crippen LogP contribution in [0.4, 0.5) is 0 Å². The smallest absolute Gasteiger partial charge is 0.0543 e. The number of aliphatic hydroxyl groups is 2. The third kappa shape index (κ3) is 1.64. The summed E-state index contributed by atoms with van der Waals surface area (Å²) in [6, 6.07) is 0. The first kappa shape index (κ1) is 8.52. The molecular formula is C10H18O2. The second-order valence-corrected chi connectivity index (χ2v) is 4.45. The fourth-order valence-electron chi connectivity index (χ4n) is 2.84. The van der Waals surface area contributed by atoms with E-state index >= 15 is 0 Å². The van der Waals surface area contributed by atoms with Gasteiger partial charge in [-0.3, -0.25) is 0 Å². The summed E-state index contributed by atoms with van der Waals surface area (Å²) in [6.07, 6.45) is 6.02. The van der Waals surface area contributed by atoms with Gasteiger partial charge < -0.3 is 10.2 Å². The third-order valence-electron chi connectivity index (χ3n) is 3.56. The summed E-state index contributed by atoms with van der Waals surface area (Å²) >= 11 is 0. The molecule has 0 unspecified atom stereocenters. The summed E-state index contributed by atoms with van der Waals surface area (Å²) in [7, 11) is 0. The zero-order valence-electron chi connectivity index (χ0n) is 7.45. The Labute approximate surface area is 73.6 Å². The van der Waals surface area contributed by atoms with Crippen LogP contribution in [-0.2, 0) is 0 Å². The maximum atomic E-state index is 9.45. The Morgan fingerprint density at radius 3 is 1.50 bits per heavy atom. The average Bonchev–Trinajstić information content (AvgIpc) is 2.05. The topological polar surface area (TPSA) is 40.5 Å². The van der Waals surface area contributed by atoms with Crippen molar-refractivity contribution in [1.29, 1.82) is 0 Å². The van der Waals surface area contributed by atoms with Gasteiger partial charge in [0.1, 0.15) is 0 Å². The van der Waals surface area contributed by atoms with Gasteiger partial charge in [-0.05, 0) is 50.4 Å². The van der Waals surface area contributed by atoms with Gasteiger partial charge in [-0.1, -0.05) is 0 Å². The first-order chi connectivity index (χ1) is 5.75. The van der Waals surface area contributed by atoms with Gasteiger partial charge in [-0.2, -0.15) is 0 Å². The van der Waals surface area contributed by atoms with Crippen LogP contribution >= 0.6 is 0 Å². The molecule has 2 saturated carbocycles. The molecule has 0 aromatic rings. The molecule has 2 heteroatoms. The van der Waals surface area contributed by atoms with Gasteiger partial charge >= 0.3 is 0 Å². The Bertz CT molecular complexity index is 140. The SMILES string of the molecule is O[C@H]1CC[C@H]2C[C@@H](O)CC[C@@H]2C1. The molecule has 0 heterocycles. The van der Waals surface area contributed by atoms with E-state index < -0.39 is 0 Å². The maximum Gasteiger partial charge on any atom is 0.0543 e. The van der Waals surface area contributed by atoms with Gasteiger partial charge in [-0.15, -0.1) is 0 Å². The van der Waals surface area contributed by atoms with Crippen molar-refractivity contribution in [2.24, 2.45) is 11.8 Å². The van der Waals surface area contributed by atoms with E-state index in [0.717, 1.165) is 38.5 Å². The summed E-state index contributed by atoms with van der Waals surface area (Å²) in [6.45, 7) is 0. The molecule has 0 spiro atoms. The van der Waals surface area contributed by atoms with Crippen LogP contribution in [0.25, 0.3) is 0 Å². The van der Waals surface area contributed by atoms with Crippen LogP contribution in [0, 0.1) is 11.8 Å². The molecule has 0 saturated heterocycles. The number of rotatable bonds is 0. The normalized spacial score (nSPS) is 48.5. The minimum atomic E-state index is -0.0542. The minimum absolute atomic E-state index is 0.0542. The molecule has 0 amide bonds. The van der Waals surface area contributed by atoms with Crippen molar-refractivity contribution in [3.8, 4) is 0 Å². The minimum Gasteiger partial charge on any atom is -0.393 e. The van der Waals surface area contributed by atoms with E-state index in [1.54, 1.807) is 0 Å². The van der Waals surface area contributed by atoms with Gasteiger partial charge in [0.05, 0.1) is 12.2 Å². The lowest BCUT2D eigenvalue weighted by atomic mass is 9.69. The molecule has 2 aliphatic carbocycles. The molecule has 0 aromatic heterocycles. The predicted octanol–water partition coefficient (Wildman–Crippen LogP) is 1.31. The van der Waals surface area contributed by atoms with Crippen molar-refractivity contribution in [3.63, 3.8) is 0 Å². The molecule has 2 N–H and O–H groups in total. The number of hydrogen-bond acceptors (Lipinski definition) is 2. The zero-order valence-corrected chi connectivity index (χ0v) is 7.45. The van der Waals surface area contributed by atoms with Gasteiger partial charge in [0.15, 0.2) is 0 Å². The van der Waals surface area contributed by atoms with Gasteiger partial charge in [-0.25, -0.2) is 0 Å². The van der Waals surface area contributed by atoms with Gasteiger partial charge in [0, 0.05) is 0 Å². The number of fused-ring (bicyclic) bond motifs is 1. The van der Waals surface area contributed by atoms with Gasteiger partial charge in [0.2, 0.25) is 0 Å². The van der Waals surface area contributed by atoms with Crippen LogP contribution in [0.2, 0.25) is 0 Å². The Morgan fingerprint density at radius 2 is 1.08 bits per heavy atom. The highest BCUT2D eigenvalue weighted by Gasteiger charge is 2.34. The Kier molecular flexibility index (Phi) is 2.37. The highest BCUT2D eigenvalue weighted by atomic mass is 16.3. The van der Waals surface area contributed by atoms with E-state index in [2.05, 4.69) is 0 Å². The van der Waals surface area contributed by atoms with Crippen LogP contribution in [0.15, 0.2) is 0 Å². The van der Waals surface area contributed by atoms with Crippen LogP contribution in [-0.4, -0.2) is 22.4 Å². The molecule has 12 heavy (non-hydrogen) atoms. The summed E-state index contributed by atoms with van der Waals surface area (Å²) < 4.78 is 0. The number of hydrogen-bond donors (Lipinski definition) is 2. The first-order valence-electron chi connectivity index (χ1n) is 5.12. The van der Waals surface area contributed by atoms with Crippen LogP contribution in [0.1, 0.15) is 38.5 Å². The first-order valence-corrected chi connectivity index (χ1v) is 5.12. The summed E-state index contributed by atoms with van der Waals surface area (Å²) in [5.74, 6) is 1.41. The molecule has 70 valence electrons. The van der Waals surface area contributed by atoms with E-state index in [1.165, 1.54) is 0 Å². The Morgan fingerprint density at radius 1 is 0.667 bits per heavy atom. The van der Waals surface area contributed by atoms with Crippen molar-refractivity contribution in [1.82, 2.24) is 0 Å². The molecule has 0 aliphatic heterocycles. The van der Waals surface area contributed by atoms with Crippen LogP contribution in [0.5, 0.6) is 0 Å². The highest BCUT2D eigenvalue weighted by molar-refractivity contribution is 4.85. The number of aliphatic hydroxyl groups excluding tert-OH is 2. The largest absolute Gasteiger partial charge is 0.393 e. The van der Waals surface area contributed by atoms with E-state index in [1.807, 2.05) is 0 Å². The van der Waals surface area contributed by atoms with Crippen molar-refractivity contribution < 1.29 is 10.2 Å².